The van der Waals surface area contributed by atoms with Gasteiger partial charge in [0, 0.05) is 48.3 Å². The molecule has 9 heteroatoms. The minimum Gasteiger partial charge on any atom is -0.490 e. The number of nitrogens with zero attached hydrogens (tertiary/aromatic N) is 1. The first-order valence-electron chi connectivity index (χ1n) is 13.9. The number of ketones is 2. The van der Waals surface area contributed by atoms with Crippen LogP contribution in [0.25, 0.3) is 0 Å². The molecule has 0 aromatic heterocycles. The Morgan fingerprint density at radius 2 is 1.44 bits per heavy atom. The molecule has 2 aromatic carbocycles. The first-order chi connectivity index (χ1) is 19.1. The molecule has 0 amide bonds. The Kier molecular flexibility index (Phi) is 7.40. The number of hydrogen-bond donors (Lipinski definition) is 0. The summed E-state index contributed by atoms with van der Waals surface area (Å²) in [7, 11) is -2.25. The lowest BCUT2D eigenvalue weighted by atomic mass is 9.64. The zero-order chi connectivity index (χ0) is 29.9. The van der Waals surface area contributed by atoms with E-state index in [1.54, 1.807) is 37.3 Å². The molecule has 0 unspecified atom stereocenters. The van der Waals surface area contributed by atoms with Crippen LogP contribution in [0.4, 0.5) is 0 Å². The molecular weight excluding hydrogens is 562 g/mol. The van der Waals surface area contributed by atoms with Crippen molar-refractivity contribution in [2.75, 3.05) is 13.7 Å². The molecule has 0 saturated carbocycles. The number of carbonyl (C=O) groups is 2. The smallest absolute Gasteiger partial charge is 0.339 e. The van der Waals surface area contributed by atoms with E-state index in [1.165, 1.54) is 12.1 Å². The maximum atomic E-state index is 13.8. The van der Waals surface area contributed by atoms with E-state index >= 15 is 0 Å². The fourth-order valence-corrected chi connectivity index (χ4v) is 7.62. The fraction of sp³-hybridized carbons (Fsp3) is 0.438. The summed E-state index contributed by atoms with van der Waals surface area (Å²) in [5.41, 5.74) is 3.18. The molecule has 0 atom stereocenters. The number of allylic oxidation sites excluding steroid dienone is 4. The van der Waals surface area contributed by atoms with Crippen LogP contribution in [0.15, 0.2) is 69.9 Å². The average Bonchev–Trinajstić information content (AvgIpc) is 2.86. The summed E-state index contributed by atoms with van der Waals surface area (Å²) < 4.78 is 37.5. The molecule has 1 heterocycles. The SMILES string of the molecule is CCOc1cc(C2C3=C(CC(C)(C)CC3=O)N(C)C3=C2C(=O)CC(C)(C)C3)cc(Cl)c1OS(=O)(=O)c1ccccc1. The summed E-state index contributed by atoms with van der Waals surface area (Å²) in [5, 5.41) is 0.0147. The van der Waals surface area contributed by atoms with Gasteiger partial charge in [-0.05, 0) is 60.4 Å². The van der Waals surface area contributed by atoms with Crippen LogP contribution in [0.5, 0.6) is 11.5 Å². The summed E-state index contributed by atoms with van der Waals surface area (Å²) in [6.45, 7) is 10.3. The van der Waals surface area contributed by atoms with E-state index in [0.717, 1.165) is 11.4 Å². The molecule has 0 saturated heterocycles. The van der Waals surface area contributed by atoms with Crippen LogP contribution in [-0.2, 0) is 19.7 Å². The van der Waals surface area contributed by atoms with Gasteiger partial charge >= 0.3 is 10.1 Å². The monoisotopic (exact) mass is 597 g/mol. The summed E-state index contributed by atoms with van der Waals surface area (Å²) in [4.78, 5) is 29.6. The number of benzene rings is 2. The maximum Gasteiger partial charge on any atom is 0.339 e. The van der Waals surface area contributed by atoms with Crippen molar-refractivity contribution in [2.24, 2.45) is 10.8 Å². The van der Waals surface area contributed by atoms with E-state index in [1.807, 2.05) is 7.05 Å². The molecule has 5 rings (SSSR count). The molecule has 2 aromatic rings. The Hall–Kier alpha value is -3.10. The zero-order valence-corrected chi connectivity index (χ0v) is 25.9. The summed E-state index contributed by atoms with van der Waals surface area (Å²) in [6, 6.07) is 11.1. The second-order valence-electron chi connectivity index (χ2n) is 12.7. The highest BCUT2D eigenvalue weighted by atomic mass is 35.5. The lowest BCUT2D eigenvalue weighted by Crippen LogP contribution is -2.43. The van der Waals surface area contributed by atoms with Gasteiger partial charge in [-0.15, -0.1) is 0 Å². The number of rotatable bonds is 6. The second-order valence-corrected chi connectivity index (χ2v) is 14.7. The number of carbonyl (C=O) groups excluding carboxylic acids is 2. The molecule has 0 radical (unpaired) electrons. The fourth-order valence-electron chi connectivity index (χ4n) is 6.34. The first-order valence-corrected chi connectivity index (χ1v) is 15.6. The quantitative estimate of drug-likeness (QED) is 0.337. The van der Waals surface area contributed by atoms with Crippen LogP contribution in [0, 0.1) is 10.8 Å². The highest BCUT2D eigenvalue weighted by Crippen LogP contribution is 2.55. The van der Waals surface area contributed by atoms with Crippen molar-refractivity contribution in [2.45, 2.75) is 71.1 Å². The third-order valence-electron chi connectivity index (χ3n) is 8.07. The highest BCUT2D eigenvalue weighted by Gasteiger charge is 2.48. The second kappa shape index (κ2) is 10.3. The molecule has 0 spiro atoms. The standard InChI is InChI=1S/C32H36ClNO6S/c1-7-39-26-14-19(13-21(33)30(26)40-41(37,38)20-11-9-8-10-12-20)27-28-22(15-31(2,3)17-24(28)35)34(6)23-16-32(4,5)18-25(36)29(23)27/h8-14,27H,7,15-18H2,1-6H3. The molecular formula is C32H36ClNO6S. The Labute approximate surface area is 247 Å². The van der Waals surface area contributed by atoms with Gasteiger partial charge in [0.05, 0.1) is 11.6 Å². The van der Waals surface area contributed by atoms with E-state index in [4.69, 9.17) is 20.5 Å². The number of ether oxygens (including phenoxy) is 1. The summed E-state index contributed by atoms with van der Waals surface area (Å²) in [6.07, 6.45) is 2.10. The third-order valence-corrected chi connectivity index (χ3v) is 9.59. The van der Waals surface area contributed by atoms with Gasteiger partial charge in [0.2, 0.25) is 5.75 Å². The van der Waals surface area contributed by atoms with Crippen LogP contribution >= 0.6 is 11.6 Å². The lowest BCUT2D eigenvalue weighted by Gasteiger charge is -2.48. The van der Waals surface area contributed by atoms with Gasteiger partial charge in [-0.2, -0.15) is 8.42 Å². The van der Waals surface area contributed by atoms with Gasteiger partial charge in [-0.25, -0.2) is 0 Å². The van der Waals surface area contributed by atoms with Crippen molar-refractivity contribution in [1.82, 2.24) is 4.90 Å². The highest BCUT2D eigenvalue weighted by molar-refractivity contribution is 7.87. The number of halogens is 1. The summed E-state index contributed by atoms with van der Waals surface area (Å²) in [5.74, 6) is -0.647. The molecule has 7 nitrogen and oxygen atoms in total. The molecule has 2 aliphatic carbocycles. The van der Waals surface area contributed by atoms with E-state index in [0.29, 0.717) is 42.4 Å². The number of hydrogen-bond acceptors (Lipinski definition) is 7. The minimum absolute atomic E-state index is 0.00153. The lowest BCUT2D eigenvalue weighted by molar-refractivity contribution is -0.119. The van der Waals surface area contributed by atoms with Crippen molar-refractivity contribution in [3.63, 3.8) is 0 Å². The van der Waals surface area contributed by atoms with Crippen molar-refractivity contribution in [3.05, 3.63) is 75.6 Å². The Bertz CT molecular complexity index is 1550. The molecule has 218 valence electrons. The van der Waals surface area contributed by atoms with Gasteiger partial charge in [0.25, 0.3) is 0 Å². The predicted octanol–water partition coefficient (Wildman–Crippen LogP) is 6.82. The van der Waals surface area contributed by atoms with Gasteiger partial charge in [0.1, 0.15) is 4.90 Å². The summed E-state index contributed by atoms with van der Waals surface area (Å²) >= 11 is 6.74. The predicted molar refractivity (Wildman–Crippen MR) is 157 cm³/mol. The van der Waals surface area contributed by atoms with Crippen molar-refractivity contribution >= 4 is 33.3 Å². The minimum atomic E-state index is -4.20. The van der Waals surface area contributed by atoms with Crippen LogP contribution in [0.2, 0.25) is 5.02 Å². The molecule has 0 bridgehead atoms. The Morgan fingerprint density at radius 3 is 1.95 bits per heavy atom. The first kappa shape index (κ1) is 29.4. The Balaban J connectivity index is 1.70. The van der Waals surface area contributed by atoms with E-state index in [2.05, 4.69) is 32.6 Å². The van der Waals surface area contributed by atoms with Crippen molar-refractivity contribution < 1.29 is 26.9 Å². The molecule has 41 heavy (non-hydrogen) atoms. The van der Waals surface area contributed by atoms with Gasteiger partial charge in [-0.1, -0.05) is 57.5 Å². The third kappa shape index (κ3) is 5.44. The normalized spacial score (nSPS) is 20.6. The van der Waals surface area contributed by atoms with Crippen LogP contribution < -0.4 is 8.92 Å². The average molecular weight is 598 g/mol. The molecule has 3 aliphatic rings. The van der Waals surface area contributed by atoms with Crippen molar-refractivity contribution in [3.8, 4) is 11.5 Å². The van der Waals surface area contributed by atoms with Crippen molar-refractivity contribution in [1.29, 1.82) is 0 Å². The largest absolute Gasteiger partial charge is 0.490 e. The number of Topliss-reactive ketones (excluding diaryl/α,β-unsaturated/α-hetero) is 2. The maximum absolute atomic E-state index is 13.8. The van der Waals surface area contributed by atoms with E-state index < -0.39 is 16.0 Å². The molecule has 1 aliphatic heterocycles. The van der Waals surface area contributed by atoms with Gasteiger partial charge < -0.3 is 13.8 Å². The van der Waals surface area contributed by atoms with Crippen LogP contribution in [-0.4, -0.2) is 38.5 Å². The van der Waals surface area contributed by atoms with Crippen LogP contribution in [0.1, 0.15) is 71.8 Å². The molecule has 0 N–H and O–H groups in total. The van der Waals surface area contributed by atoms with Gasteiger partial charge in [-0.3, -0.25) is 9.59 Å². The topological polar surface area (TPSA) is 90.0 Å². The van der Waals surface area contributed by atoms with E-state index in [9.17, 15) is 18.0 Å². The van der Waals surface area contributed by atoms with Gasteiger partial charge in [0.15, 0.2) is 17.3 Å². The van der Waals surface area contributed by atoms with Crippen LogP contribution in [0.3, 0.4) is 0 Å². The zero-order valence-electron chi connectivity index (χ0n) is 24.3. The Morgan fingerprint density at radius 1 is 0.902 bits per heavy atom. The molecule has 0 fully saturated rings. The van der Waals surface area contributed by atoms with E-state index in [-0.39, 0.29) is 50.4 Å².